The SMILES string of the molecule is O=C(CSc1nnc(NC(=O)Nc2ccc(F)cc2)s1)NC1CCCC1. The van der Waals surface area contributed by atoms with E-state index in [9.17, 15) is 14.0 Å². The van der Waals surface area contributed by atoms with E-state index in [0.29, 0.717) is 21.2 Å². The van der Waals surface area contributed by atoms with Gasteiger partial charge in [-0.25, -0.2) is 9.18 Å². The first-order valence-electron chi connectivity index (χ1n) is 8.18. The zero-order valence-corrected chi connectivity index (χ0v) is 15.5. The third kappa shape index (κ3) is 5.67. The van der Waals surface area contributed by atoms with Crippen molar-refractivity contribution in [1.82, 2.24) is 15.5 Å². The molecule has 0 atom stereocenters. The molecule has 1 saturated carbocycles. The number of benzene rings is 1. The second kappa shape index (κ2) is 8.95. The monoisotopic (exact) mass is 395 g/mol. The lowest BCUT2D eigenvalue weighted by Crippen LogP contribution is -2.33. The largest absolute Gasteiger partial charge is 0.353 e. The van der Waals surface area contributed by atoms with Crippen molar-refractivity contribution < 1.29 is 14.0 Å². The van der Waals surface area contributed by atoms with Crippen molar-refractivity contribution in [1.29, 1.82) is 0 Å². The molecule has 1 aliphatic carbocycles. The van der Waals surface area contributed by atoms with Crippen LogP contribution >= 0.6 is 23.1 Å². The van der Waals surface area contributed by atoms with E-state index < -0.39 is 6.03 Å². The molecule has 0 spiro atoms. The van der Waals surface area contributed by atoms with E-state index in [-0.39, 0.29) is 17.5 Å². The lowest BCUT2D eigenvalue weighted by atomic mass is 10.2. The second-order valence-electron chi connectivity index (χ2n) is 5.80. The number of halogens is 1. The molecule has 1 aromatic heterocycles. The van der Waals surface area contributed by atoms with Crippen LogP contribution in [-0.2, 0) is 4.79 Å². The molecule has 2 aromatic rings. The number of aromatic nitrogens is 2. The van der Waals surface area contributed by atoms with E-state index in [0.717, 1.165) is 12.8 Å². The normalized spacial score (nSPS) is 14.2. The topological polar surface area (TPSA) is 96.0 Å². The van der Waals surface area contributed by atoms with Crippen LogP contribution in [0.5, 0.6) is 0 Å². The van der Waals surface area contributed by atoms with Gasteiger partial charge in [-0.3, -0.25) is 10.1 Å². The van der Waals surface area contributed by atoms with E-state index in [1.165, 1.54) is 60.2 Å². The van der Waals surface area contributed by atoms with Crippen LogP contribution in [-0.4, -0.2) is 33.9 Å². The van der Waals surface area contributed by atoms with Crippen LogP contribution in [0.15, 0.2) is 28.6 Å². The Balaban J connectivity index is 1.42. The Kier molecular flexibility index (Phi) is 6.40. The number of carbonyl (C=O) groups is 2. The van der Waals surface area contributed by atoms with Gasteiger partial charge in [-0.1, -0.05) is 35.9 Å². The average Bonchev–Trinajstić information content (AvgIpc) is 3.27. The summed E-state index contributed by atoms with van der Waals surface area (Å²) in [7, 11) is 0. The highest BCUT2D eigenvalue weighted by Gasteiger charge is 2.17. The molecule has 0 aliphatic heterocycles. The lowest BCUT2D eigenvalue weighted by Gasteiger charge is -2.10. The first-order valence-corrected chi connectivity index (χ1v) is 9.98. The highest BCUT2D eigenvalue weighted by atomic mass is 32.2. The standard InChI is InChI=1S/C16H18FN5O2S2/c17-10-5-7-12(8-6-10)19-14(24)20-15-21-22-16(26-15)25-9-13(23)18-11-3-1-2-4-11/h5-8,11H,1-4,9H2,(H,18,23)(H2,19,20,21,24). The molecule has 3 rings (SSSR count). The fraction of sp³-hybridized carbons (Fsp3) is 0.375. The maximum absolute atomic E-state index is 12.8. The van der Waals surface area contributed by atoms with Crippen molar-refractivity contribution in [3.63, 3.8) is 0 Å². The third-order valence-corrected chi connectivity index (χ3v) is 5.75. The lowest BCUT2D eigenvalue weighted by molar-refractivity contribution is -0.119. The van der Waals surface area contributed by atoms with Gasteiger partial charge in [0.15, 0.2) is 4.34 Å². The molecular formula is C16H18FN5O2S2. The van der Waals surface area contributed by atoms with Crippen LogP contribution in [0.1, 0.15) is 25.7 Å². The Morgan fingerprint density at radius 1 is 1.15 bits per heavy atom. The van der Waals surface area contributed by atoms with Gasteiger partial charge in [-0.15, -0.1) is 10.2 Å². The van der Waals surface area contributed by atoms with Gasteiger partial charge < -0.3 is 10.6 Å². The molecule has 3 N–H and O–H groups in total. The minimum Gasteiger partial charge on any atom is -0.353 e. The predicted octanol–water partition coefficient (Wildman–Crippen LogP) is 3.47. The van der Waals surface area contributed by atoms with Crippen molar-refractivity contribution >= 4 is 45.9 Å². The van der Waals surface area contributed by atoms with Crippen molar-refractivity contribution in [3.05, 3.63) is 30.1 Å². The van der Waals surface area contributed by atoms with E-state index in [4.69, 9.17) is 0 Å². The van der Waals surface area contributed by atoms with Crippen LogP contribution in [0.4, 0.5) is 20.0 Å². The van der Waals surface area contributed by atoms with Gasteiger partial charge in [0.1, 0.15) is 5.82 Å². The van der Waals surface area contributed by atoms with Crippen molar-refractivity contribution in [3.8, 4) is 0 Å². The van der Waals surface area contributed by atoms with Gasteiger partial charge >= 0.3 is 6.03 Å². The van der Waals surface area contributed by atoms with Crippen molar-refractivity contribution in [2.45, 2.75) is 36.1 Å². The summed E-state index contributed by atoms with van der Waals surface area (Å²) in [5, 5.41) is 16.3. The molecule has 138 valence electrons. The summed E-state index contributed by atoms with van der Waals surface area (Å²) in [4.78, 5) is 23.8. The van der Waals surface area contributed by atoms with Crippen LogP contribution in [0, 0.1) is 5.82 Å². The number of urea groups is 1. The fourth-order valence-electron chi connectivity index (χ4n) is 2.58. The molecule has 0 unspecified atom stereocenters. The van der Waals surface area contributed by atoms with E-state index in [1.54, 1.807) is 0 Å². The van der Waals surface area contributed by atoms with Crippen LogP contribution in [0.2, 0.25) is 0 Å². The summed E-state index contributed by atoms with van der Waals surface area (Å²) in [6.45, 7) is 0. The summed E-state index contributed by atoms with van der Waals surface area (Å²) in [5.41, 5.74) is 0.464. The summed E-state index contributed by atoms with van der Waals surface area (Å²) >= 11 is 2.47. The van der Waals surface area contributed by atoms with Gasteiger partial charge in [0.25, 0.3) is 0 Å². The molecule has 1 aromatic carbocycles. The minimum atomic E-state index is -0.497. The molecule has 26 heavy (non-hydrogen) atoms. The molecule has 1 fully saturated rings. The molecule has 1 aliphatic rings. The number of amides is 3. The van der Waals surface area contributed by atoms with Crippen molar-refractivity contribution in [2.75, 3.05) is 16.4 Å². The molecular weight excluding hydrogens is 377 g/mol. The smallest absolute Gasteiger partial charge is 0.325 e. The van der Waals surface area contributed by atoms with Crippen LogP contribution < -0.4 is 16.0 Å². The molecule has 10 heteroatoms. The maximum Gasteiger partial charge on any atom is 0.325 e. The number of thioether (sulfide) groups is 1. The Hall–Kier alpha value is -2.20. The van der Waals surface area contributed by atoms with Crippen molar-refractivity contribution in [2.24, 2.45) is 0 Å². The number of hydrogen-bond donors (Lipinski definition) is 3. The highest BCUT2D eigenvalue weighted by molar-refractivity contribution is 8.01. The highest BCUT2D eigenvalue weighted by Crippen LogP contribution is 2.26. The van der Waals surface area contributed by atoms with Gasteiger partial charge in [0.2, 0.25) is 11.0 Å². The first-order chi connectivity index (χ1) is 12.6. The quantitative estimate of drug-likeness (QED) is 0.514. The molecule has 0 saturated heterocycles. The van der Waals surface area contributed by atoms with Crippen LogP contribution in [0.3, 0.4) is 0 Å². The Morgan fingerprint density at radius 2 is 1.88 bits per heavy atom. The molecule has 3 amide bonds. The summed E-state index contributed by atoms with van der Waals surface area (Å²) in [6, 6.07) is 5.23. The fourth-order valence-corrected chi connectivity index (χ4v) is 4.14. The van der Waals surface area contributed by atoms with E-state index >= 15 is 0 Å². The molecule has 1 heterocycles. The first kappa shape index (κ1) is 18.6. The molecule has 7 nitrogen and oxygen atoms in total. The number of anilines is 2. The number of nitrogens with one attached hydrogen (secondary N) is 3. The number of carbonyl (C=O) groups excluding carboxylic acids is 2. The zero-order chi connectivity index (χ0) is 18.4. The van der Waals surface area contributed by atoms with E-state index in [2.05, 4.69) is 26.1 Å². The maximum atomic E-state index is 12.8. The summed E-state index contributed by atoms with van der Waals surface area (Å²) in [5.74, 6) is -0.119. The van der Waals surface area contributed by atoms with Gasteiger partial charge in [-0.05, 0) is 37.1 Å². The predicted molar refractivity (Wildman–Crippen MR) is 100 cm³/mol. The van der Waals surface area contributed by atoms with Gasteiger partial charge in [0, 0.05) is 11.7 Å². The Morgan fingerprint density at radius 3 is 2.62 bits per heavy atom. The molecule has 0 radical (unpaired) electrons. The number of hydrogen-bond acceptors (Lipinski definition) is 6. The minimum absolute atomic E-state index is 0.0133. The van der Waals surface area contributed by atoms with Gasteiger partial charge in [-0.2, -0.15) is 0 Å². The zero-order valence-electron chi connectivity index (χ0n) is 13.8. The van der Waals surface area contributed by atoms with E-state index in [1.807, 2.05) is 0 Å². The number of rotatable bonds is 6. The Bertz CT molecular complexity index is 762. The number of nitrogens with zero attached hydrogens (tertiary/aromatic N) is 2. The van der Waals surface area contributed by atoms with Crippen LogP contribution in [0.25, 0.3) is 0 Å². The Labute approximate surface area is 158 Å². The summed E-state index contributed by atoms with van der Waals surface area (Å²) < 4.78 is 13.4. The summed E-state index contributed by atoms with van der Waals surface area (Å²) in [6.07, 6.45) is 4.44. The third-order valence-electron chi connectivity index (χ3n) is 3.78. The average molecular weight is 395 g/mol. The second-order valence-corrected chi connectivity index (χ2v) is 8.00. The molecule has 0 bridgehead atoms. The van der Waals surface area contributed by atoms with Gasteiger partial charge in [0.05, 0.1) is 5.75 Å².